The Hall–Kier alpha value is -10.7. The molecule has 0 aliphatic carbocycles. The number of rotatable bonds is 40. The number of aromatic nitrogens is 5. The number of nitrogens with zero attached hydrogens (tertiary/aromatic N) is 4. The van der Waals surface area contributed by atoms with Gasteiger partial charge in [0.2, 0.25) is 32.0 Å². The number of carboxylic acid groups (broad SMARTS) is 3. The standard InChI is InChI=1S/C79H104N14O22S2Si/c1-43(33-51-41-110-47(5)86-51)15-12-16-45(3)67(109-7)46(4)59-38-62(79(6)61(114-79)26-20-44(2)58-34-48(36-65(97)111-58)35-60-68(112-60)76(106)113-59)115-118(8,53-17-10-9-11-18-53)32-14-30-117(107,108)31-29-116-42-57(75(104)105)91-72(100)56(37-64(95)96)90-71(99)54(19-13-28-83-77(80)81)88-63(94)27-25-55(74(102)103)89-70(98)49-21-23-50(24-22-49)84-39-52-40-85-69-66(87-52)73(101)93-78(82)92-69/h9-12,15-18,20-24,26,33,40-41,44,46,48,54-62,67-68,84H,13-14,19,25,27-32,34-39,42H2,1-8H3,(H,88,94)(H,89,98)(H,90,99)(H,91,100)(H,95,96)(H,102,103)(H,104,105)(H4,80,81,83)(H3,82,85,92,93,101)/b15-12+,26-20+,43-33+,45-16+/t44-,46+,48+,54?,55?,56?,57?,58-,59+,60+,61-,62+,67+,68-,79+,118?/m1/s1. The number of anilines is 2. The molecule has 5 aromatic rings. The number of nitrogens with one attached hydrogen (secondary N) is 8. The van der Waals surface area contributed by atoms with E-state index in [2.05, 4.69) is 56.8 Å². The van der Waals surface area contributed by atoms with Gasteiger partial charge in [-0.2, -0.15) is 16.7 Å². The highest BCUT2D eigenvalue weighted by Gasteiger charge is 2.60. The number of methoxy groups -OCH3 is 1. The first-order valence-corrected chi connectivity index (χ1v) is 44.3. The molecular weight excluding hydrogens is 1590 g/mol. The highest BCUT2D eigenvalue weighted by Crippen LogP contribution is 2.47. The molecule has 2 aromatic carbocycles. The van der Waals surface area contributed by atoms with E-state index in [1.807, 2.05) is 108 Å². The van der Waals surface area contributed by atoms with E-state index < -0.39 is 186 Å². The number of H-pyrrole nitrogens is 1. The number of epoxide rings is 2. The quantitative estimate of drug-likeness (QED) is 0.00381. The Morgan fingerprint density at radius 3 is 2.27 bits per heavy atom. The van der Waals surface area contributed by atoms with Gasteiger partial charge in [-0.15, -0.1) is 0 Å². The zero-order valence-corrected chi connectivity index (χ0v) is 69.4. The number of allylic oxidation sites excluding steroid dienone is 4. The second-order valence-electron chi connectivity index (χ2n) is 30.3. The Balaban J connectivity index is 0.819. The van der Waals surface area contributed by atoms with Crippen molar-refractivity contribution in [2.24, 2.45) is 23.5 Å². The number of esters is 2. The van der Waals surface area contributed by atoms with Crippen LogP contribution in [0.5, 0.6) is 0 Å². The van der Waals surface area contributed by atoms with Gasteiger partial charge in [-0.1, -0.05) is 74.6 Å². The number of amides is 4. The van der Waals surface area contributed by atoms with E-state index in [4.69, 9.17) is 49.4 Å². The Kier molecular flexibility index (Phi) is 32.2. The molecule has 4 amide bonds. The molecule has 15 N–H and O–H groups in total. The number of thioether (sulfide) groups is 1. The molecule has 4 aliphatic heterocycles. The number of nitrogens with two attached hydrogens (primary N) is 2. The number of ether oxygens (including phenoxy) is 5. The summed E-state index contributed by atoms with van der Waals surface area (Å²) in [6.07, 6.45) is 9.03. The summed E-state index contributed by atoms with van der Waals surface area (Å²) in [6.45, 7) is 13.6. The van der Waals surface area contributed by atoms with Crippen LogP contribution < -0.4 is 54.1 Å². The molecule has 9 rings (SSSR count). The molecule has 36 nitrogen and oxygen atoms in total. The summed E-state index contributed by atoms with van der Waals surface area (Å²) in [4.78, 5) is 151. The van der Waals surface area contributed by atoms with Crippen LogP contribution in [-0.4, -0.2) is 226 Å². The third-order valence-electron chi connectivity index (χ3n) is 21.0. The third-order valence-corrected chi connectivity index (χ3v) is 27.7. The van der Waals surface area contributed by atoms with Crippen LogP contribution in [0.15, 0.2) is 118 Å². The van der Waals surface area contributed by atoms with E-state index in [0.29, 0.717) is 35.8 Å². The van der Waals surface area contributed by atoms with E-state index in [0.717, 1.165) is 28.1 Å². The molecule has 0 spiro atoms. The van der Waals surface area contributed by atoms with Gasteiger partial charge in [0.05, 0.1) is 54.7 Å². The molecular formula is C79H104N14O22S2Si. The Bertz CT molecular complexity index is 4760. The van der Waals surface area contributed by atoms with Gasteiger partial charge >= 0.3 is 29.8 Å². The summed E-state index contributed by atoms with van der Waals surface area (Å²) >= 11 is 0.877. The van der Waals surface area contributed by atoms with Gasteiger partial charge in [-0.25, -0.2) is 37.8 Å². The van der Waals surface area contributed by atoms with Gasteiger partial charge in [0.15, 0.2) is 39.0 Å². The fourth-order valence-electron chi connectivity index (χ4n) is 14.2. The number of cyclic esters (lactones) is 1. The van der Waals surface area contributed by atoms with Crippen LogP contribution in [0, 0.1) is 30.1 Å². The maximum absolute atomic E-state index is 14.5. The van der Waals surface area contributed by atoms with Crippen molar-refractivity contribution in [2.75, 3.05) is 47.7 Å². The van der Waals surface area contributed by atoms with Gasteiger partial charge in [-0.05, 0) is 124 Å². The number of sulfone groups is 1. The summed E-state index contributed by atoms with van der Waals surface area (Å²) in [5.41, 5.74) is 12.7. The lowest BCUT2D eigenvalue weighted by Gasteiger charge is -2.38. The fraction of sp³-hybridized carbons (Fsp3) is 0.506. The molecule has 16 atom stereocenters. The van der Waals surface area contributed by atoms with Crippen LogP contribution in [0.2, 0.25) is 12.6 Å². The number of carboxylic acids is 3. The highest BCUT2D eigenvalue weighted by molar-refractivity contribution is 8.00. The number of fused-ring (bicyclic) bond motifs is 5. The molecule has 3 saturated heterocycles. The number of aliphatic carboxylic acids is 3. The van der Waals surface area contributed by atoms with Crippen molar-refractivity contribution < 1.29 is 99.4 Å². The Morgan fingerprint density at radius 1 is 0.873 bits per heavy atom. The van der Waals surface area contributed by atoms with Crippen LogP contribution in [0.4, 0.5) is 11.6 Å². The van der Waals surface area contributed by atoms with Crippen molar-refractivity contribution >= 4 is 123 Å². The van der Waals surface area contributed by atoms with Gasteiger partial charge in [0.25, 0.3) is 11.5 Å². The molecule has 3 aromatic heterocycles. The van der Waals surface area contributed by atoms with E-state index >= 15 is 0 Å². The fourth-order valence-corrected chi connectivity index (χ4v) is 20.6. The first-order valence-electron chi connectivity index (χ1n) is 38.7. The van der Waals surface area contributed by atoms with Crippen LogP contribution in [0.3, 0.4) is 0 Å². The molecule has 118 heavy (non-hydrogen) atoms. The molecule has 39 heteroatoms. The number of hydrogen-bond acceptors (Lipinski definition) is 27. The lowest BCUT2D eigenvalue weighted by Crippen LogP contribution is -2.56. The SMILES string of the molecule is CO[C@@H](/C(C)=C/C=C/C(C)=C/c1coc(C)n1)[C@@H](C)[C@@H]1C[C@H](O[Si](C)(CCCS(=O)(=O)CCSCC(NC(=O)C(CC(=O)O)NC(=O)C(CCCNC(=N)N)NC(=O)CCC(NC(=O)c2ccc(NCc3cnc4nc(N)[nH]c(=O)c4n3)cc2)C(=O)O)C(=O)O)c2ccccc2)[C@@]2(C)O[C@@H]2/C=C/[C@@H](C)[C@H]2C[C@H](CC(=O)O2)C[C@@H]2O[C@H]2C(=O)O1. The van der Waals surface area contributed by atoms with Crippen molar-refractivity contribution in [3.8, 4) is 0 Å². The smallest absolute Gasteiger partial charge is 0.338 e. The van der Waals surface area contributed by atoms with Gasteiger partial charge in [0.1, 0.15) is 60.0 Å². The number of hydrogen-bond donors (Lipinski definition) is 13. The van der Waals surface area contributed by atoms with Gasteiger partial charge in [0, 0.05) is 74.4 Å². The normalized spacial score (nSPS) is 23.2. The van der Waals surface area contributed by atoms with Crippen LogP contribution in [0.25, 0.3) is 17.2 Å². The minimum absolute atomic E-state index is 0.00121. The second-order valence-corrected chi connectivity index (χ2v) is 37.5. The molecule has 638 valence electrons. The lowest BCUT2D eigenvalue weighted by atomic mass is 9.84. The predicted molar refractivity (Wildman–Crippen MR) is 437 cm³/mol. The summed E-state index contributed by atoms with van der Waals surface area (Å²) in [7, 11) is -5.62. The van der Waals surface area contributed by atoms with Crippen molar-refractivity contribution in [3.05, 3.63) is 142 Å². The van der Waals surface area contributed by atoms with E-state index in [9.17, 15) is 71.7 Å². The maximum Gasteiger partial charge on any atom is 0.338 e. The number of aromatic amines is 1. The van der Waals surface area contributed by atoms with E-state index in [-0.39, 0.29) is 103 Å². The zero-order chi connectivity index (χ0) is 85.8. The Labute approximate surface area is 686 Å². The number of carbonyl (C=O) groups excluding carboxylic acids is 6. The highest BCUT2D eigenvalue weighted by atomic mass is 32.2. The van der Waals surface area contributed by atoms with Crippen molar-refractivity contribution in [1.82, 2.24) is 51.5 Å². The molecule has 5 unspecified atom stereocenters. The largest absolute Gasteiger partial charge is 0.481 e. The van der Waals surface area contributed by atoms with Crippen molar-refractivity contribution in [3.63, 3.8) is 0 Å². The number of benzene rings is 2. The summed E-state index contributed by atoms with van der Waals surface area (Å²) in [5.74, 6) is -11.8. The number of carbonyl (C=O) groups is 9. The monoisotopic (exact) mass is 1690 g/mol. The van der Waals surface area contributed by atoms with Crippen LogP contribution in [-0.2, 0) is 82.8 Å². The number of aryl methyl sites for hydroxylation is 1. The number of nitrogen functional groups attached to an aromatic ring is 1. The zero-order valence-electron chi connectivity index (χ0n) is 66.8. The average Bonchev–Trinajstić information content (AvgIpc) is 1.58. The lowest BCUT2D eigenvalue weighted by molar-refractivity contribution is -0.159. The summed E-state index contributed by atoms with van der Waals surface area (Å²) in [5, 5.41) is 53.6. The molecule has 0 radical (unpaired) electrons. The second kappa shape index (κ2) is 41.6. The molecule has 2 bridgehead atoms. The minimum atomic E-state index is -3.89. The first kappa shape index (κ1) is 91.2. The first-order chi connectivity index (χ1) is 56.0. The van der Waals surface area contributed by atoms with Gasteiger partial charge in [-0.3, -0.25) is 44.0 Å². The topological polar surface area (TPSA) is 556 Å². The minimum Gasteiger partial charge on any atom is -0.481 e. The average molecular weight is 1690 g/mol. The van der Waals surface area contributed by atoms with Crippen LogP contribution in [0.1, 0.15) is 126 Å². The summed E-state index contributed by atoms with van der Waals surface area (Å²) in [6, 6.07) is 8.68. The Morgan fingerprint density at radius 2 is 1.58 bits per heavy atom. The molecule has 0 saturated carbocycles. The van der Waals surface area contributed by atoms with Gasteiger partial charge < -0.3 is 91.2 Å². The van der Waals surface area contributed by atoms with Crippen molar-refractivity contribution in [1.29, 1.82) is 5.41 Å². The van der Waals surface area contributed by atoms with Crippen molar-refractivity contribution in [2.45, 2.75) is 197 Å². The maximum atomic E-state index is 14.5. The van der Waals surface area contributed by atoms with E-state index in [1.165, 1.54) is 30.5 Å². The van der Waals surface area contributed by atoms with E-state index in [1.54, 1.807) is 20.3 Å². The number of oxazole rings is 1. The number of guanidine groups is 1. The predicted octanol–water partition coefficient (Wildman–Crippen LogP) is 4.25. The molecule has 4 aliphatic rings. The molecule has 7 heterocycles. The van der Waals surface area contributed by atoms with Crippen LogP contribution >= 0.6 is 11.8 Å². The summed E-state index contributed by atoms with van der Waals surface area (Å²) < 4.78 is 72.5. The third kappa shape index (κ3) is 26.6. The molecule has 3 fully saturated rings.